The number of amides is 1. The third-order valence-electron chi connectivity index (χ3n) is 3.71. The van der Waals surface area contributed by atoms with Crippen molar-refractivity contribution in [1.29, 1.82) is 0 Å². The number of likely N-dealkylation sites (tertiary alicyclic amines) is 1. The van der Waals surface area contributed by atoms with Crippen LogP contribution in [0, 0.1) is 11.7 Å². The zero-order chi connectivity index (χ0) is 14.4. The van der Waals surface area contributed by atoms with Gasteiger partial charge in [-0.3, -0.25) is 4.79 Å². The van der Waals surface area contributed by atoms with Crippen LogP contribution in [0.2, 0.25) is 0 Å². The molecule has 0 saturated carbocycles. The van der Waals surface area contributed by atoms with Crippen molar-refractivity contribution < 1.29 is 13.9 Å². The molecule has 3 nitrogen and oxygen atoms in total. The minimum Gasteiger partial charge on any atom is -0.494 e. The molecule has 1 aliphatic heterocycles. The van der Waals surface area contributed by atoms with E-state index < -0.39 is 0 Å². The van der Waals surface area contributed by atoms with Crippen molar-refractivity contribution in [2.24, 2.45) is 5.92 Å². The van der Waals surface area contributed by atoms with Crippen molar-refractivity contribution in [2.75, 3.05) is 19.7 Å². The minimum atomic E-state index is -0.253. The highest BCUT2D eigenvalue weighted by Gasteiger charge is 2.21. The van der Waals surface area contributed by atoms with Gasteiger partial charge in [0.1, 0.15) is 11.6 Å². The molecule has 0 aliphatic carbocycles. The largest absolute Gasteiger partial charge is 0.494 e. The van der Waals surface area contributed by atoms with Crippen LogP contribution in [-0.2, 0) is 4.79 Å². The van der Waals surface area contributed by atoms with Gasteiger partial charge in [-0.25, -0.2) is 4.39 Å². The Kier molecular flexibility index (Phi) is 5.16. The van der Waals surface area contributed by atoms with Gasteiger partial charge >= 0.3 is 0 Å². The van der Waals surface area contributed by atoms with Crippen LogP contribution in [0.15, 0.2) is 36.9 Å². The quantitative estimate of drug-likeness (QED) is 0.774. The lowest BCUT2D eigenvalue weighted by molar-refractivity contribution is -0.127. The maximum atomic E-state index is 12.7. The van der Waals surface area contributed by atoms with Gasteiger partial charge in [-0.1, -0.05) is 6.58 Å². The number of rotatable bonds is 5. The standard InChI is InChI=1S/C16H20FNO2/c1-2-16(19)18-10-7-13(8-11-18)9-12-20-15-5-3-14(17)4-6-15/h2-6,13H,1,7-12H2. The van der Waals surface area contributed by atoms with Gasteiger partial charge in [-0.05, 0) is 55.5 Å². The van der Waals surface area contributed by atoms with E-state index in [1.807, 2.05) is 4.90 Å². The Bertz CT molecular complexity index is 450. The molecule has 1 saturated heterocycles. The highest BCUT2D eigenvalue weighted by atomic mass is 19.1. The van der Waals surface area contributed by atoms with Crippen molar-refractivity contribution in [3.63, 3.8) is 0 Å². The lowest BCUT2D eigenvalue weighted by atomic mass is 9.94. The maximum Gasteiger partial charge on any atom is 0.245 e. The third-order valence-corrected chi connectivity index (χ3v) is 3.71. The fraction of sp³-hybridized carbons (Fsp3) is 0.438. The smallest absolute Gasteiger partial charge is 0.245 e. The molecule has 1 amide bonds. The van der Waals surface area contributed by atoms with Gasteiger partial charge in [-0.15, -0.1) is 0 Å². The molecule has 4 heteroatoms. The van der Waals surface area contributed by atoms with E-state index in [2.05, 4.69) is 6.58 Å². The Morgan fingerprint density at radius 1 is 1.35 bits per heavy atom. The molecule has 2 rings (SSSR count). The number of piperidine rings is 1. The van der Waals surface area contributed by atoms with Crippen LogP contribution < -0.4 is 4.74 Å². The van der Waals surface area contributed by atoms with Crippen LogP contribution in [-0.4, -0.2) is 30.5 Å². The van der Waals surface area contributed by atoms with Crippen molar-refractivity contribution >= 4 is 5.91 Å². The van der Waals surface area contributed by atoms with E-state index in [-0.39, 0.29) is 11.7 Å². The Labute approximate surface area is 119 Å². The number of carbonyl (C=O) groups is 1. The summed E-state index contributed by atoms with van der Waals surface area (Å²) in [6.45, 7) is 5.73. The summed E-state index contributed by atoms with van der Waals surface area (Å²) in [4.78, 5) is 13.3. The SMILES string of the molecule is C=CC(=O)N1CCC(CCOc2ccc(F)cc2)CC1. The van der Waals surface area contributed by atoms with Crippen molar-refractivity contribution in [3.05, 3.63) is 42.7 Å². The van der Waals surface area contributed by atoms with Gasteiger partial charge in [0, 0.05) is 13.1 Å². The van der Waals surface area contributed by atoms with E-state index in [4.69, 9.17) is 4.74 Å². The summed E-state index contributed by atoms with van der Waals surface area (Å²) < 4.78 is 18.3. The summed E-state index contributed by atoms with van der Waals surface area (Å²) in [6.07, 6.45) is 4.35. The van der Waals surface area contributed by atoms with E-state index in [0.29, 0.717) is 18.3 Å². The van der Waals surface area contributed by atoms with E-state index in [1.54, 1.807) is 12.1 Å². The summed E-state index contributed by atoms with van der Waals surface area (Å²) in [5.74, 6) is 1.05. The van der Waals surface area contributed by atoms with Crippen LogP contribution in [0.3, 0.4) is 0 Å². The molecule has 1 fully saturated rings. The van der Waals surface area contributed by atoms with Gasteiger partial charge in [0.15, 0.2) is 0 Å². The Hall–Kier alpha value is -1.84. The molecule has 0 radical (unpaired) electrons. The minimum absolute atomic E-state index is 0.0195. The molecule has 0 aromatic heterocycles. The van der Waals surface area contributed by atoms with E-state index in [0.717, 1.165) is 32.4 Å². The average Bonchev–Trinajstić information content (AvgIpc) is 2.49. The van der Waals surface area contributed by atoms with E-state index >= 15 is 0 Å². The number of hydrogen-bond donors (Lipinski definition) is 0. The zero-order valence-electron chi connectivity index (χ0n) is 11.6. The third kappa shape index (κ3) is 4.08. The second-order valence-electron chi connectivity index (χ2n) is 5.06. The van der Waals surface area contributed by atoms with Gasteiger partial charge < -0.3 is 9.64 Å². The van der Waals surface area contributed by atoms with Gasteiger partial charge in [0.2, 0.25) is 5.91 Å². The van der Waals surface area contributed by atoms with Crippen molar-refractivity contribution in [3.8, 4) is 5.75 Å². The first-order chi connectivity index (χ1) is 9.69. The molecule has 1 aromatic rings. The average molecular weight is 277 g/mol. The number of hydrogen-bond acceptors (Lipinski definition) is 2. The van der Waals surface area contributed by atoms with Crippen LogP contribution >= 0.6 is 0 Å². The first kappa shape index (κ1) is 14.6. The second kappa shape index (κ2) is 7.08. The van der Waals surface area contributed by atoms with Crippen LogP contribution in [0.1, 0.15) is 19.3 Å². The van der Waals surface area contributed by atoms with Crippen molar-refractivity contribution in [1.82, 2.24) is 4.90 Å². The first-order valence-corrected chi connectivity index (χ1v) is 6.99. The highest BCUT2D eigenvalue weighted by molar-refractivity contribution is 5.87. The molecule has 108 valence electrons. The van der Waals surface area contributed by atoms with Gasteiger partial charge in [0.25, 0.3) is 0 Å². The summed E-state index contributed by atoms with van der Waals surface area (Å²) in [6, 6.07) is 6.07. The summed E-state index contributed by atoms with van der Waals surface area (Å²) in [7, 11) is 0. The first-order valence-electron chi connectivity index (χ1n) is 6.99. The number of nitrogens with zero attached hydrogens (tertiary/aromatic N) is 1. The molecule has 1 aromatic carbocycles. The monoisotopic (exact) mass is 277 g/mol. The molecule has 0 unspecified atom stereocenters. The summed E-state index contributed by atoms with van der Waals surface area (Å²) in [5.41, 5.74) is 0. The lowest BCUT2D eigenvalue weighted by Gasteiger charge is -2.31. The Morgan fingerprint density at radius 2 is 2.00 bits per heavy atom. The predicted molar refractivity (Wildman–Crippen MR) is 76.0 cm³/mol. The molecule has 0 spiro atoms. The number of benzene rings is 1. The lowest BCUT2D eigenvalue weighted by Crippen LogP contribution is -2.37. The summed E-state index contributed by atoms with van der Waals surface area (Å²) >= 11 is 0. The van der Waals surface area contributed by atoms with Gasteiger partial charge in [0.05, 0.1) is 6.61 Å². The molecule has 0 N–H and O–H groups in total. The molecular weight excluding hydrogens is 257 g/mol. The predicted octanol–water partition coefficient (Wildman–Crippen LogP) is 3.02. The molecular formula is C16H20FNO2. The second-order valence-corrected chi connectivity index (χ2v) is 5.06. The van der Waals surface area contributed by atoms with E-state index in [9.17, 15) is 9.18 Å². The summed E-state index contributed by atoms with van der Waals surface area (Å²) in [5, 5.41) is 0. The molecule has 1 heterocycles. The Balaban J connectivity index is 1.67. The molecule has 20 heavy (non-hydrogen) atoms. The Morgan fingerprint density at radius 3 is 2.60 bits per heavy atom. The zero-order valence-corrected chi connectivity index (χ0v) is 11.6. The van der Waals surface area contributed by atoms with E-state index in [1.165, 1.54) is 18.2 Å². The number of carbonyl (C=O) groups excluding carboxylic acids is 1. The normalized spacial score (nSPS) is 15.9. The number of ether oxygens (including phenoxy) is 1. The number of halogens is 1. The van der Waals surface area contributed by atoms with Crippen LogP contribution in [0.25, 0.3) is 0 Å². The van der Waals surface area contributed by atoms with Crippen molar-refractivity contribution in [2.45, 2.75) is 19.3 Å². The highest BCUT2D eigenvalue weighted by Crippen LogP contribution is 2.21. The van der Waals surface area contributed by atoms with Gasteiger partial charge in [-0.2, -0.15) is 0 Å². The topological polar surface area (TPSA) is 29.5 Å². The fourth-order valence-corrected chi connectivity index (χ4v) is 2.45. The van der Waals surface area contributed by atoms with Crippen LogP contribution in [0.5, 0.6) is 5.75 Å². The van der Waals surface area contributed by atoms with Crippen LogP contribution in [0.4, 0.5) is 4.39 Å². The molecule has 1 aliphatic rings. The maximum absolute atomic E-state index is 12.7. The fourth-order valence-electron chi connectivity index (χ4n) is 2.45. The molecule has 0 atom stereocenters. The molecule has 0 bridgehead atoms.